The molecule has 1 fully saturated rings. The van der Waals surface area contributed by atoms with Crippen LogP contribution in [0.15, 0.2) is 6.20 Å². The minimum atomic E-state index is 0. The molecule has 2 aromatic heterocycles. The van der Waals surface area contributed by atoms with Gasteiger partial charge >= 0.3 is 0 Å². The molecule has 1 saturated heterocycles. The highest BCUT2D eigenvalue weighted by atomic mass is 35.5. The van der Waals surface area contributed by atoms with Gasteiger partial charge in [0.2, 0.25) is 5.95 Å². The van der Waals surface area contributed by atoms with Crippen LogP contribution in [0.5, 0.6) is 0 Å². The number of fused-ring (bicyclic) bond motifs is 1. The number of aromatic nitrogens is 4. The van der Waals surface area contributed by atoms with Crippen molar-refractivity contribution in [3.8, 4) is 0 Å². The molecule has 21 heavy (non-hydrogen) atoms. The van der Waals surface area contributed by atoms with Crippen LogP contribution < -0.4 is 10.2 Å². The molecule has 1 N–H and O–H groups in total. The van der Waals surface area contributed by atoms with E-state index in [1.807, 2.05) is 13.2 Å². The summed E-state index contributed by atoms with van der Waals surface area (Å²) in [4.78, 5) is 13.9. The Hall–Kier alpha value is -1.60. The fraction of sp³-hybridized carbons (Fsp3) is 0.615. The van der Waals surface area contributed by atoms with Gasteiger partial charge in [-0.25, -0.2) is 0 Å². The molecule has 3 heterocycles. The minimum absolute atomic E-state index is 0. The first-order valence-corrected chi connectivity index (χ1v) is 7.06. The molecule has 0 unspecified atom stereocenters. The lowest BCUT2D eigenvalue weighted by atomic mass is 10.3. The number of nitrogens with one attached hydrogen (secondary N) is 1. The molecule has 0 atom stereocenters. The summed E-state index contributed by atoms with van der Waals surface area (Å²) in [5, 5.41) is 8.57. The molecule has 0 saturated carbocycles. The Kier molecular flexibility index (Phi) is 4.84. The summed E-state index contributed by atoms with van der Waals surface area (Å²) in [6.45, 7) is 6.92. The van der Waals surface area contributed by atoms with Crippen molar-refractivity contribution in [1.29, 1.82) is 0 Å². The average Bonchev–Trinajstić information content (AvgIpc) is 2.82. The van der Waals surface area contributed by atoms with Crippen molar-refractivity contribution in [1.82, 2.24) is 24.6 Å². The molecule has 116 valence electrons. The lowest BCUT2D eigenvalue weighted by Gasteiger charge is -2.32. The fourth-order valence-corrected chi connectivity index (χ4v) is 2.46. The predicted molar refractivity (Wildman–Crippen MR) is 87.4 cm³/mol. The lowest BCUT2D eigenvalue weighted by molar-refractivity contribution is 0.311. The Labute approximate surface area is 130 Å². The predicted octanol–water partition coefficient (Wildman–Crippen LogP) is 0.969. The number of hydrogen-bond donors (Lipinski definition) is 1. The number of rotatable bonds is 3. The SMILES string of the molecule is CCNc1nc(N2CCN(C)CC2)nc2c1cnn2C.Cl. The van der Waals surface area contributed by atoms with Crippen molar-refractivity contribution in [2.45, 2.75) is 6.92 Å². The Balaban J connectivity index is 0.00000161. The highest BCUT2D eigenvalue weighted by Gasteiger charge is 2.19. The molecule has 0 radical (unpaired) electrons. The first kappa shape index (κ1) is 15.8. The van der Waals surface area contributed by atoms with Crippen molar-refractivity contribution in [3.05, 3.63) is 6.20 Å². The molecule has 0 aromatic carbocycles. The van der Waals surface area contributed by atoms with E-state index in [9.17, 15) is 0 Å². The highest BCUT2D eigenvalue weighted by molar-refractivity contribution is 5.87. The number of anilines is 2. The molecular weight excluding hydrogens is 290 g/mol. The van der Waals surface area contributed by atoms with Crippen LogP contribution in [0.1, 0.15) is 6.92 Å². The average molecular weight is 312 g/mol. The van der Waals surface area contributed by atoms with E-state index < -0.39 is 0 Å². The summed E-state index contributed by atoms with van der Waals surface area (Å²) in [5.41, 5.74) is 0.880. The summed E-state index contributed by atoms with van der Waals surface area (Å²) in [6.07, 6.45) is 1.82. The van der Waals surface area contributed by atoms with Gasteiger partial charge in [-0.3, -0.25) is 4.68 Å². The molecule has 0 bridgehead atoms. The van der Waals surface area contributed by atoms with Crippen LogP contribution in [-0.4, -0.2) is 64.4 Å². The first-order chi connectivity index (χ1) is 9.69. The highest BCUT2D eigenvalue weighted by Crippen LogP contribution is 2.23. The summed E-state index contributed by atoms with van der Waals surface area (Å²) < 4.78 is 1.80. The third-order valence-electron chi connectivity index (χ3n) is 3.71. The molecular formula is C13H22ClN7. The molecule has 1 aliphatic rings. The number of nitrogens with zero attached hydrogens (tertiary/aromatic N) is 6. The Morgan fingerprint density at radius 1 is 1.14 bits per heavy atom. The molecule has 2 aromatic rings. The van der Waals surface area contributed by atoms with Gasteiger partial charge in [0.05, 0.1) is 11.6 Å². The van der Waals surface area contributed by atoms with E-state index >= 15 is 0 Å². The first-order valence-electron chi connectivity index (χ1n) is 7.06. The zero-order valence-corrected chi connectivity index (χ0v) is 13.5. The van der Waals surface area contributed by atoms with Gasteiger partial charge in [0, 0.05) is 39.8 Å². The molecule has 0 spiro atoms. The number of halogens is 1. The van der Waals surface area contributed by atoms with Crippen LogP contribution in [0, 0.1) is 0 Å². The zero-order valence-electron chi connectivity index (χ0n) is 12.7. The quantitative estimate of drug-likeness (QED) is 0.911. The number of aryl methyl sites for hydroxylation is 1. The lowest BCUT2D eigenvalue weighted by Crippen LogP contribution is -2.45. The van der Waals surface area contributed by atoms with Crippen LogP contribution in [-0.2, 0) is 7.05 Å². The van der Waals surface area contributed by atoms with E-state index in [2.05, 4.69) is 44.2 Å². The van der Waals surface area contributed by atoms with E-state index in [0.29, 0.717) is 0 Å². The summed E-state index contributed by atoms with van der Waals surface area (Å²) in [7, 11) is 4.06. The monoisotopic (exact) mass is 311 g/mol. The van der Waals surface area contributed by atoms with Crippen molar-refractivity contribution >= 4 is 35.2 Å². The Bertz CT molecular complexity index is 604. The van der Waals surface area contributed by atoms with Gasteiger partial charge in [-0.15, -0.1) is 12.4 Å². The summed E-state index contributed by atoms with van der Waals surface area (Å²) in [6, 6.07) is 0. The molecule has 1 aliphatic heterocycles. The second-order valence-corrected chi connectivity index (χ2v) is 5.20. The molecule has 7 nitrogen and oxygen atoms in total. The fourth-order valence-electron chi connectivity index (χ4n) is 2.46. The van der Waals surface area contributed by atoms with E-state index in [1.165, 1.54) is 0 Å². The molecule has 0 amide bonds. The maximum atomic E-state index is 4.68. The third kappa shape index (κ3) is 3.03. The maximum absolute atomic E-state index is 4.68. The van der Waals surface area contributed by atoms with Crippen LogP contribution in [0.25, 0.3) is 11.0 Å². The normalized spacial score (nSPS) is 16.0. The largest absolute Gasteiger partial charge is 0.370 e. The van der Waals surface area contributed by atoms with Gasteiger partial charge in [-0.1, -0.05) is 0 Å². The van der Waals surface area contributed by atoms with Gasteiger partial charge < -0.3 is 15.1 Å². The number of likely N-dealkylation sites (N-methyl/N-ethyl adjacent to an activating group) is 1. The van der Waals surface area contributed by atoms with Crippen molar-refractivity contribution in [2.24, 2.45) is 7.05 Å². The van der Waals surface area contributed by atoms with Crippen molar-refractivity contribution in [3.63, 3.8) is 0 Å². The zero-order chi connectivity index (χ0) is 14.1. The van der Waals surface area contributed by atoms with E-state index in [0.717, 1.165) is 55.5 Å². The number of piperazine rings is 1. The van der Waals surface area contributed by atoms with Crippen LogP contribution in [0.3, 0.4) is 0 Å². The maximum Gasteiger partial charge on any atom is 0.229 e. The van der Waals surface area contributed by atoms with Gasteiger partial charge in [0.1, 0.15) is 5.82 Å². The standard InChI is InChI=1S/C13H21N7.ClH/c1-4-14-11-10-9-15-19(3)12(10)17-13(16-11)20-7-5-18(2)6-8-20;/h9H,4-8H2,1-3H3,(H,14,16,17);1H. The smallest absolute Gasteiger partial charge is 0.229 e. The van der Waals surface area contributed by atoms with E-state index in [1.54, 1.807) is 4.68 Å². The second-order valence-electron chi connectivity index (χ2n) is 5.20. The topological polar surface area (TPSA) is 62.1 Å². The Morgan fingerprint density at radius 2 is 1.86 bits per heavy atom. The van der Waals surface area contributed by atoms with Crippen molar-refractivity contribution in [2.75, 3.05) is 50.0 Å². The van der Waals surface area contributed by atoms with Gasteiger partial charge in [-0.2, -0.15) is 15.1 Å². The van der Waals surface area contributed by atoms with E-state index in [-0.39, 0.29) is 12.4 Å². The Morgan fingerprint density at radius 3 is 2.52 bits per heavy atom. The van der Waals surface area contributed by atoms with E-state index in [4.69, 9.17) is 0 Å². The number of hydrogen-bond acceptors (Lipinski definition) is 6. The summed E-state index contributed by atoms with van der Waals surface area (Å²) >= 11 is 0. The molecule has 3 rings (SSSR count). The van der Waals surface area contributed by atoms with Gasteiger partial charge in [-0.05, 0) is 14.0 Å². The summed E-state index contributed by atoms with van der Waals surface area (Å²) in [5.74, 6) is 1.67. The molecule has 8 heteroatoms. The second kappa shape index (κ2) is 6.44. The van der Waals surface area contributed by atoms with Crippen LogP contribution in [0.2, 0.25) is 0 Å². The van der Waals surface area contributed by atoms with Gasteiger partial charge in [0.25, 0.3) is 0 Å². The minimum Gasteiger partial charge on any atom is -0.370 e. The van der Waals surface area contributed by atoms with Crippen molar-refractivity contribution < 1.29 is 0 Å². The van der Waals surface area contributed by atoms with Crippen LogP contribution >= 0.6 is 12.4 Å². The van der Waals surface area contributed by atoms with Crippen LogP contribution in [0.4, 0.5) is 11.8 Å². The molecule has 0 aliphatic carbocycles. The third-order valence-corrected chi connectivity index (χ3v) is 3.71. The van der Waals surface area contributed by atoms with Gasteiger partial charge in [0.15, 0.2) is 5.65 Å².